The quantitative estimate of drug-likeness (QED) is 0.517. The van der Waals surface area contributed by atoms with Crippen molar-refractivity contribution in [3.05, 3.63) is 0 Å². The second kappa shape index (κ2) is 12.5. The summed E-state index contributed by atoms with van der Waals surface area (Å²) >= 11 is 0. The zero-order valence-electron chi connectivity index (χ0n) is 14.1. The molecule has 0 aromatic carbocycles. The fraction of sp³-hybridized carbons (Fsp3) is 1.00. The lowest BCUT2D eigenvalue weighted by Gasteiger charge is -2.32. The Morgan fingerprint density at radius 3 is 1.45 bits per heavy atom. The van der Waals surface area contributed by atoms with Crippen LogP contribution in [-0.4, -0.2) is 76.9 Å². The lowest BCUT2D eigenvalue weighted by molar-refractivity contribution is -0.0375. The fourth-order valence-corrected chi connectivity index (χ4v) is 1.76. The maximum Gasteiger partial charge on any atom is 0.0647 e. The van der Waals surface area contributed by atoms with Crippen molar-refractivity contribution in [1.82, 2.24) is 4.90 Å². The first-order chi connectivity index (χ1) is 9.51. The van der Waals surface area contributed by atoms with Gasteiger partial charge in [0.1, 0.15) is 0 Å². The molecule has 5 nitrogen and oxygen atoms in total. The van der Waals surface area contributed by atoms with Crippen LogP contribution in [0.15, 0.2) is 0 Å². The molecule has 0 bridgehead atoms. The summed E-state index contributed by atoms with van der Waals surface area (Å²) in [5.74, 6) is 0. The first-order valence-electron chi connectivity index (χ1n) is 7.46. The van der Waals surface area contributed by atoms with E-state index in [-0.39, 0.29) is 18.2 Å². The molecule has 0 unspecified atom stereocenters. The Morgan fingerprint density at radius 2 is 1.15 bits per heavy atom. The maximum absolute atomic E-state index is 5.77. The van der Waals surface area contributed by atoms with Gasteiger partial charge in [0.05, 0.1) is 44.7 Å². The van der Waals surface area contributed by atoms with Crippen molar-refractivity contribution in [3.8, 4) is 0 Å². The third-order valence-electron chi connectivity index (χ3n) is 2.93. The van der Waals surface area contributed by atoms with Gasteiger partial charge in [-0.25, -0.2) is 0 Å². The summed E-state index contributed by atoms with van der Waals surface area (Å²) < 4.78 is 21.9. The van der Waals surface area contributed by atoms with Gasteiger partial charge in [-0.05, 0) is 27.7 Å². The van der Waals surface area contributed by atoms with Crippen molar-refractivity contribution in [2.24, 2.45) is 0 Å². The van der Waals surface area contributed by atoms with Crippen molar-refractivity contribution in [2.45, 2.75) is 45.9 Å². The highest BCUT2D eigenvalue weighted by molar-refractivity contribution is 4.72. The molecule has 0 aliphatic heterocycles. The molecule has 0 aliphatic carbocycles. The molecular formula is C15H33NO4. The molecule has 0 fully saturated rings. The summed E-state index contributed by atoms with van der Waals surface area (Å²) in [5, 5.41) is 0. The zero-order valence-corrected chi connectivity index (χ0v) is 14.1. The summed E-state index contributed by atoms with van der Waals surface area (Å²) in [7, 11) is 3.44. The molecule has 0 spiro atoms. The van der Waals surface area contributed by atoms with Gasteiger partial charge in [-0.1, -0.05) is 0 Å². The molecule has 0 aliphatic rings. The van der Waals surface area contributed by atoms with E-state index in [9.17, 15) is 0 Å². The van der Waals surface area contributed by atoms with E-state index >= 15 is 0 Å². The number of rotatable bonds is 13. The highest BCUT2D eigenvalue weighted by Gasteiger charge is 2.20. The Hall–Kier alpha value is -0.200. The smallest absolute Gasteiger partial charge is 0.0647 e. The molecule has 0 saturated heterocycles. The highest BCUT2D eigenvalue weighted by Crippen LogP contribution is 2.05. The Balaban J connectivity index is 4.49. The van der Waals surface area contributed by atoms with E-state index in [2.05, 4.69) is 32.6 Å². The van der Waals surface area contributed by atoms with Crippen molar-refractivity contribution < 1.29 is 18.9 Å². The molecule has 20 heavy (non-hydrogen) atoms. The minimum Gasteiger partial charge on any atom is -0.383 e. The van der Waals surface area contributed by atoms with Gasteiger partial charge in [-0.2, -0.15) is 0 Å². The molecule has 0 aromatic rings. The second-order valence-corrected chi connectivity index (χ2v) is 5.44. The molecular weight excluding hydrogens is 258 g/mol. The topological polar surface area (TPSA) is 40.2 Å². The molecule has 5 heteroatoms. The normalized spacial score (nSPS) is 12.3. The number of hydrogen-bond acceptors (Lipinski definition) is 5. The summed E-state index contributed by atoms with van der Waals surface area (Å²) in [6, 6.07) is 0.227. The summed E-state index contributed by atoms with van der Waals surface area (Å²) in [5.41, 5.74) is 0. The van der Waals surface area contributed by atoms with Crippen LogP contribution in [0.25, 0.3) is 0 Å². The minimum absolute atomic E-state index is 0.225. The van der Waals surface area contributed by atoms with Crippen molar-refractivity contribution in [1.29, 1.82) is 0 Å². The van der Waals surface area contributed by atoms with Crippen LogP contribution in [0.1, 0.15) is 27.7 Å². The maximum atomic E-state index is 5.77. The Bertz CT molecular complexity index is 192. The van der Waals surface area contributed by atoms with Crippen LogP contribution < -0.4 is 0 Å². The molecule has 122 valence electrons. The third kappa shape index (κ3) is 10.6. The predicted molar refractivity (Wildman–Crippen MR) is 81.3 cm³/mol. The first-order valence-corrected chi connectivity index (χ1v) is 7.46. The Labute approximate surface area is 124 Å². The third-order valence-corrected chi connectivity index (χ3v) is 2.93. The first kappa shape index (κ1) is 19.8. The number of hydrogen-bond donors (Lipinski definition) is 0. The van der Waals surface area contributed by atoms with Gasteiger partial charge in [0.15, 0.2) is 0 Å². The monoisotopic (exact) mass is 291 g/mol. The standard InChI is InChI=1S/C15H33NO4/c1-13(2)19-11-15(12-20-14(3)4)16(7-9-17-5)8-10-18-6/h13-15H,7-12H2,1-6H3. The van der Waals surface area contributed by atoms with Gasteiger partial charge in [0, 0.05) is 27.3 Å². The van der Waals surface area contributed by atoms with Crippen molar-refractivity contribution in [3.63, 3.8) is 0 Å². The van der Waals surface area contributed by atoms with Crippen LogP contribution in [-0.2, 0) is 18.9 Å². The Kier molecular flexibility index (Phi) is 12.4. The minimum atomic E-state index is 0.225. The summed E-state index contributed by atoms with van der Waals surface area (Å²) in [6.07, 6.45) is 0.450. The average Bonchev–Trinajstić information content (AvgIpc) is 2.39. The van der Waals surface area contributed by atoms with Crippen LogP contribution in [0.2, 0.25) is 0 Å². The van der Waals surface area contributed by atoms with Gasteiger partial charge in [-0.3, -0.25) is 4.90 Å². The van der Waals surface area contributed by atoms with Crippen LogP contribution >= 0.6 is 0 Å². The zero-order chi connectivity index (χ0) is 15.4. The van der Waals surface area contributed by atoms with Gasteiger partial charge >= 0.3 is 0 Å². The SMILES string of the molecule is COCCN(CCOC)C(COC(C)C)COC(C)C. The number of ether oxygens (including phenoxy) is 4. The van der Waals surface area contributed by atoms with Crippen LogP contribution in [0.3, 0.4) is 0 Å². The molecule has 0 rings (SSSR count). The van der Waals surface area contributed by atoms with Gasteiger partial charge in [0.2, 0.25) is 0 Å². The van der Waals surface area contributed by atoms with E-state index in [0.29, 0.717) is 26.4 Å². The van der Waals surface area contributed by atoms with Gasteiger partial charge in [0.25, 0.3) is 0 Å². The van der Waals surface area contributed by atoms with Crippen LogP contribution in [0, 0.1) is 0 Å². The Morgan fingerprint density at radius 1 is 0.750 bits per heavy atom. The lowest BCUT2D eigenvalue weighted by Crippen LogP contribution is -2.46. The van der Waals surface area contributed by atoms with Crippen molar-refractivity contribution in [2.75, 3.05) is 53.7 Å². The molecule has 0 saturated carbocycles. The number of nitrogens with zero attached hydrogens (tertiary/aromatic N) is 1. The summed E-state index contributed by atoms with van der Waals surface area (Å²) in [6.45, 7) is 12.6. The average molecular weight is 291 g/mol. The van der Waals surface area contributed by atoms with Crippen LogP contribution in [0.5, 0.6) is 0 Å². The number of methoxy groups -OCH3 is 2. The van der Waals surface area contributed by atoms with Crippen LogP contribution in [0.4, 0.5) is 0 Å². The molecule has 0 aromatic heterocycles. The van der Waals surface area contributed by atoms with Gasteiger partial charge < -0.3 is 18.9 Å². The van der Waals surface area contributed by atoms with E-state index in [0.717, 1.165) is 13.1 Å². The molecule has 0 radical (unpaired) electrons. The predicted octanol–water partition coefficient (Wildman–Crippen LogP) is 1.80. The van der Waals surface area contributed by atoms with Crippen molar-refractivity contribution >= 4 is 0 Å². The second-order valence-electron chi connectivity index (χ2n) is 5.44. The van der Waals surface area contributed by atoms with E-state index in [1.807, 2.05) is 0 Å². The largest absolute Gasteiger partial charge is 0.383 e. The van der Waals surface area contributed by atoms with Gasteiger partial charge in [-0.15, -0.1) is 0 Å². The van der Waals surface area contributed by atoms with E-state index in [1.54, 1.807) is 14.2 Å². The molecule has 0 heterocycles. The van der Waals surface area contributed by atoms with E-state index in [1.165, 1.54) is 0 Å². The molecule has 0 atom stereocenters. The lowest BCUT2D eigenvalue weighted by atomic mass is 10.2. The highest BCUT2D eigenvalue weighted by atomic mass is 16.5. The summed E-state index contributed by atoms with van der Waals surface area (Å²) in [4.78, 5) is 2.32. The molecule has 0 amide bonds. The fourth-order valence-electron chi connectivity index (χ4n) is 1.76. The van der Waals surface area contributed by atoms with E-state index < -0.39 is 0 Å². The molecule has 0 N–H and O–H groups in total. The van der Waals surface area contributed by atoms with E-state index in [4.69, 9.17) is 18.9 Å².